The Morgan fingerprint density at radius 3 is 2.07 bits per heavy atom. The Bertz CT molecular complexity index is 942. The lowest BCUT2D eigenvalue weighted by Crippen LogP contribution is -2.43. The molecule has 3 aromatic rings. The molecule has 0 aromatic heterocycles. The van der Waals surface area contributed by atoms with Gasteiger partial charge in [0.15, 0.2) is 4.93 Å². The van der Waals surface area contributed by atoms with Crippen LogP contribution in [0.4, 0.5) is 0 Å². The highest BCUT2D eigenvalue weighted by Crippen LogP contribution is 2.69. The van der Waals surface area contributed by atoms with E-state index in [9.17, 15) is 0 Å². The number of hydrogen-bond donors (Lipinski definition) is 0. The van der Waals surface area contributed by atoms with Crippen LogP contribution in [-0.2, 0) is 15.4 Å². The van der Waals surface area contributed by atoms with Gasteiger partial charge in [0, 0.05) is 12.2 Å². The van der Waals surface area contributed by atoms with Gasteiger partial charge in [0.25, 0.3) is 0 Å². The van der Waals surface area contributed by atoms with Crippen LogP contribution in [0.1, 0.15) is 35.6 Å². The zero-order chi connectivity index (χ0) is 20.3. The summed E-state index contributed by atoms with van der Waals surface area (Å²) in [6.07, 6.45) is 2.44. The first kappa shape index (κ1) is 20.6. The first-order chi connectivity index (χ1) is 14.8. The lowest BCUT2D eigenvalue weighted by atomic mass is 10.0. The molecule has 2 fully saturated rings. The average molecular weight is 451 g/mol. The molecule has 2 atom stereocenters. The van der Waals surface area contributed by atoms with Crippen LogP contribution in [0.5, 0.6) is 0 Å². The van der Waals surface area contributed by atoms with Gasteiger partial charge in [-0.1, -0.05) is 91.0 Å². The van der Waals surface area contributed by atoms with Crippen molar-refractivity contribution >= 4 is 35.3 Å². The van der Waals surface area contributed by atoms with E-state index in [1.54, 1.807) is 0 Å². The number of hydrogen-bond acceptors (Lipinski definition) is 4. The molecular formula is C26H26OS3. The molecule has 1 spiro atoms. The Labute approximate surface area is 192 Å². The average Bonchev–Trinajstić information content (AvgIpc) is 3.14. The van der Waals surface area contributed by atoms with E-state index in [0.717, 1.165) is 12.2 Å². The summed E-state index contributed by atoms with van der Waals surface area (Å²) >= 11 is 6.23. The minimum atomic E-state index is -0.375. The maximum atomic E-state index is 7.16. The van der Waals surface area contributed by atoms with Crippen LogP contribution in [0.2, 0.25) is 0 Å². The van der Waals surface area contributed by atoms with Crippen molar-refractivity contribution in [3.63, 3.8) is 0 Å². The van der Waals surface area contributed by atoms with Gasteiger partial charge in [0.2, 0.25) is 0 Å². The van der Waals surface area contributed by atoms with Crippen molar-refractivity contribution in [1.29, 1.82) is 0 Å². The second kappa shape index (κ2) is 9.04. The van der Waals surface area contributed by atoms with Gasteiger partial charge in [-0.3, -0.25) is 0 Å². The first-order valence-electron chi connectivity index (χ1n) is 10.6. The lowest BCUT2D eigenvalue weighted by molar-refractivity contribution is 0.0176. The summed E-state index contributed by atoms with van der Waals surface area (Å²) in [6.45, 7) is 0. The van der Waals surface area contributed by atoms with Crippen LogP contribution >= 0.6 is 35.3 Å². The van der Waals surface area contributed by atoms with Gasteiger partial charge in [-0.05, 0) is 34.6 Å². The van der Waals surface area contributed by atoms with Gasteiger partial charge >= 0.3 is 0 Å². The monoisotopic (exact) mass is 450 g/mol. The van der Waals surface area contributed by atoms with Gasteiger partial charge in [0.1, 0.15) is 4.08 Å². The van der Waals surface area contributed by atoms with Gasteiger partial charge in [0.05, 0.1) is 6.10 Å². The second-order valence-electron chi connectivity index (χ2n) is 7.78. The molecule has 30 heavy (non-hydrogen) atoms. The van der Waals surface area contributed by atoms with Gasteiger partial charge in [-0.2, -0.15) is 0 Å². The number of ether oxygens (including phenoxy) is 1. The lowest BCUT2D eigenvalue weighted by Gasteiger charge is -2.45. The molecule has 2 aliphatic heterocycles. The Kier molecular flexibility index (Phi) is 6.19. The minimum Gasteiger partial charge on any atom is -0.350 e. The number of rotatable bonds is 5. The fourth-order valence-electron chi connectivity index (χ4n) is 4.38. The standard InChI is InChI=1S/C26H26OS3/c1-4-11-21(12-5-1)20-30-26(23-15-8-3-9-16-23)25(28-17-10-18-29-25)19-24(27-26)22-13-6-2-7-14-22/h1-9,11-16,24H,10,17-20H2. The molecule has 4 heteroatoms. The molecule has 2 unspecified atom stereocenters. The molecule has 2 heterocycles. The largest absolute Gasteiger partial charge is 0.350 e. The summed E-state index contributed by atoms with van der Waals surface area (Å²) in [5.41, 5.74) is 3.94. The van der Waals surface area contributed by atoms with Crippen LogP contribution in [0.25, 0.3) is 0 Å². The zero-order valence-corrected chi connectivity index (χ0v) is 19.4. The Hall–Kier alpha value is -1.33. The summed E-state index contributed by atoms with van der Waals surface area (Å²) in [5.74, 6) is 3.36. The first-order valence-corrected chi connectivity index (χ1v) is 13.5. The van der Waals surface area contributed by atoms with Crippen LogP contribution in [0.15, 0.2) is 91.0 Å². The van der Waals surface area contributed by atoms with E-state index < -0.39 is 0 Å². The summed E-state index contributed by atoms with van der Waals surface area (Å²) in [7, 11) is 0. The quantitative estimate of drug-likeness (QED) is 0.398. The van der Waals surface area contributed by atoms with Crippen molar-refractivity contribution in [2.24, 2.45) is 0 Å². The molecule has 0 saturated carbocycles. The van der Waals surface area contributed by atoms with Crippen molar-refractivity contribution in [3.05, 3.63) is 108 Å². The third-order valence-electron chi connectivity index (χ3n) is 5.83. The van der Waals surface area contributed by atoms with E-state index in [0.29, 0.717) is 0 Å². The smallest absolute Gasteiger partial charge is 0.164 e. The van der Waals surface area contributed by atoms with E-state index in [1.807, 2.05) is 11.8 Å². The predicted molar refractivity (Wildman–Crippen MR) is 133 cm³/mol. The van der Waals surface area contributed by atoms with Crippen molar-refractivity contribution in [2.75, 3.05) is 11.5 Å². The Morgan fingerprint density at radius 1 is 0.800 bits per heavy atom. The van der Waals surface area contributed by atoms with Crippen LogP contribution in [0.3, 0.4) is 0 Å². The molecule has 154 valence electrons. The molecule has 0 N–H and O–H groups in total. The van der Waals surface area contributed by atoms with E-state index in [2.05, 4.69) is 115 Å². The van der Waals surface area contributed by atoms with E-state index in [4.69, 9.17) is 4.74 Å². The fourth-order valence-corrected chi connectivity index (χ4v) is 9.94. The second-order valence-corrected chi connectivity index (χ2v) is 12.0. The molecule has 0 radical (unpaired) electrons. The van der Waals surface area contributed by atoms with Crippen molar-refractivity contribution in [1.82, 2.24) is 0 Å². The summed E-state index contributed by atoms with van der Waals surface area (Å²) < 4.78 is 7.18. The molecule has 2 aliphatic rings. The predicted octanol–water partition coefficient (Wildman–Crippen LogP) is 7.50. The van der Waals surface area contributed by atoms with E-state index in [1.165, 1.54) is 34.6 Å². The molecule has 0 amide bonds. The molecule has 0 bridgehead atoms. The Balaban J connectivity index is 1.58. The SMILES string of the molecule is c1ccc(CSC2(c3ccccc3)OC(c3ccccc3)CC23SCCCS3)cc1. The molecule has 1 nitrogen and oxygen atoms in total. The van der Waals surface area contributed by atoms with E-state index >= 15 is 0 Å². The van der Waals surface area contributed by atoms with Crippen molar-refractivity contribution < 1.29 is 4.74 Å². The van der Waals surface area contributed by atoms with Crippen LogP contribution in [-0.4, -0.2) is 15.6 Å². The fraction of sp³-hybridized carbons (Fsp3) is 0.308. The highest BCUT2D eigenvalue weighted by Gasteiger charge is 2.62. The summed E-state index contributed by atoms with van der Waals surface area (Å²) in [5, 5.41) is 0. The highest BCUT2D eigenvalue weighted by atomic mass is 32.2. The molecule has 2 saturated heterocycles. The molecule has 3 aromatic carbocycles. The molecule has 5 rings (SSSR count). The molecule has 0 aliphatic carbocycles. The minimum absolute atomic E-state index is 0.0204. The maximum absolute atomic E-state index is 7.16. The normalized spacial score (nSPS) is 25.4. The van der Waals surface area contributed by atoms with Gasteiger partial charge in [-0.25, -0.2) is 0 Å². The van der Waals surface area contributed by atoms with Crippen LogP contribution in [0, 0.1) is 0 Å². The van der Waals surface area contributed by atoms with E-state index in [-0.39, 0.29) is 15.1 Å². The Morgan fingerprint density at radius 2 is 1.40 bits per heavy atom. The third-order valence-corrected chi connectivity index (χ3v) is 11.2. The summed E-state index contributed by atoms with van der Waals surface area (Å²) in [6, 6.07) is 32.6. The van der Waals surface area contributed by atoms with Crippen molar-refractivity contribution in [2.45, 2.75) is 33.7 Å². The number of benzene rings is 3. The third kappa shape index (κ3) is 3.84. The zero-order valence-electron chi connectivity index (χ0n) is 16.9. The maximum Gasteiger partial charge on any atom is 0.164 e. The number of thioether (sulfide) groups is 3. The highest BCUT2D eigenvalue weighted by molar-refractivity contribution is 8.20. The van der Waals surface area contributed by atoms with Gasteiger partial charge in [-0.15, -0.1) is 35.3 Å². The van der Waals surface area contributed by atoms with Crippen LogP contribution < -0.4 is 0 Å². The topological polar surface area (TPSA) is 9.23 Å². The van der Waals surface area contributed by atoms with Crippen molar-refractivity contribution in [3.8, 4) is 0 Å². The summed E-state index contributed by atoms with van der Waals surface area (Å²) in [4.78, 5) is -0.375. The van der Waals surface area contributed by atoms with Gasteiger partial charge < -0.3 is 4.74 Å². The molecular weight excluding hydrogens is 424 g/mol.